The van der Waals surface area contributed by atoms with Crippen molar-refractivity contribution in [3.05, 3.63) is 71.8 Å². The number of hydrogen-bond donors (Lipinski definition) is 0. The Morgan fingerprint density at radius 2 is 0.867 bits per heavy atom. The Bertz CT molecular complexity index is 362. The van der Waals surface area contributed by atoms with Crippen molar-refractivity contribution in [3.8, 4) is 0 Å². The van der Waals surface area contributed by atoms with E-state index >= 15 is 0 Å². The molecule has 0 amide bonds. The standard InChI is InChI=1S/C14H12.N/c1-3-7-13(8-4-1)11-12-14-9-5-2-6-10-14;/h1-12H;. The zero-order valence-corrected chi connectivity index (χ0v) is 8.38. The van der Waals surface area contributed by atoms with E-state index in [1.54, 1.807) is 0 Å². The Morgan fingerprint density at radius 1 is 0.533 bits per heavy atom. The molecule has 0 spiro atoms. The number of nitrogens with zero attached hydrogens (tertiary/aromatic N) is 1. The Labute approximate surface area is 90.7 Å². The van der Waals surface area contributed by atoms with Gasteiger partial charge >= 0.3 is 0 Å². The number of hydrogen-bond acceptors (Lipinski definition) is 0. The highest BCUT2D eigenvalue weighted by atomic mass is 14.0. The van der Waals surface area contributed by atoms with Crippen LogP contribution in [0.25, 0.3) is 12.2 Å². The smallest absolute Gasteiger partial charge is 0 e. The molecule has 0 aliphatic heterocycles. The van der Waals surface area contributed by atoms with Crippen molar-refractivity contribution in [2.75, 3.05) is 0 Å². The topological polar surface area (TPSA) is 30.5 Å². The summed E-state index contributed by atoms with van der Waals surface area (Å²) in [7, 11) is 0. The molecule has 0 saturated heterocycles. The maximum absolute atomic E-state index is 2.12. The molecule has 1 nitrogen and oxygen atoms in total. The van der Waals surface area contributed by atoms with Gasteiger partial charge in [0.25, 0.3) is 0 Å². The highest BCUT2D eigenvalue weighted by Gasteiger charge is 1.84. The van der Waals surface area contributed by atoms with Gasteiger partial charge in [0.1, 0.15) is 0 Å². The maximum atomic E-state index is 2.12. The lowest BCUT2D eigenvalue weighted by Crippen LogP contribution is -1.70. The molecular formula is C14H12N. The maximum Gasteiger partial charge on any atom is 0 e. The third-order valence-corrected chi connectivity index (χ3v) is 2.07. The van der Waals surface area contributed by atoms with E-state index in [1.165, 1.54) is 11.1 Å². The molecule has 0 N–H and O–H groups in total. The van der Waals surface area contributed by atoms with Crippen LogP contribution in [0.1, 0.15) is 11.1 Å². The van der Waals surface area contributed by atoms with Crippen molar-refractivity contribution in [2.45, 2.75) is 0 Å². The van der Waals surface area contributed by atoms with E-state index in [-0.39, 0.29) is 6.15 Å². The molecule has 0 aliphatic carbocycles. The molecule has 0 saturated carbocycles. The van der Waals surface area contributed by atoms with Crippen LogP contribution in [0, 0.1) is 0 Å². The Morgan fingerprint density at radius 3 is 1.20 bits per heavy atom. The number of rotatable bonds is 2. The molecule has 0 aromatic heterocycles. The third-order valence-electron chi connectivity index (χ3n) is 2.07. The van der Waals surface area contributed by atoms with Crippen molar-refractivity contribution < 1.29 is 0 Å². The molecular weight excluding hydrogens is 182 g/mol. The lowest BCUT2D eigenvalue weighted by molar-refractivity contribution is 1.65. The fraction of sp³-hybridized carbons (Fsp3) is 0. The first-order valence-corrected chi connectivity index (χ1v) is 4.73. The van der Waals surface area contributed by atoms with Gasteiger partial charge in [0, 0.05) is 6.15 Å². The second-order valence-corrected chi connectivity index (χ2v) is 3.15. The van der Waals surface area contributed by atoms with Gasteiger partial charge < -0.3 is 0 Å². The fourth-order valence-corrected chi connectivity index (χ4v) is 1.32. The first-order chi connectivity index (χ1) is 6.95. The first kappa shape index (κ1) is 11.2. The molecule has 2 aromatic rings. The summed E-state index contributed by atoms with van der Waals surface area (Å²) in [5, 5.41) is 0. The summed E-state index contributed by atoms with van der Waals surface area (Å²) in [5.74, 6) is 0. The van der Waals surface area contributed by atoms with Gasteiger partial charge in [-0.25, -0.2) is 0 Å². The van der Waals surface area contributed by atoms with Gasteiger partial charge in [-0.3, -0.25) is 0 Å². The second-order valence-electron chi connectivity index (χ2n) is 3.15. The SMILES string of the molecule is C(=Cc1ccccc1)c1ccccc1.[N]. The zero-order chi connectivity index (χ0) is 9.64. The largest absolute Gasteiger partial charge is 0.0622 e. The zero-order valence-electron chi connectivity index (χ0n) is 8.38. The van der Waals surface area contributed by atoms with Crippen LogP contribution in [-0.4, -0.2) is 0 Å². The summed E-state index contributed by atoms with van der Waals surface area (Å²) >= 11 is 0. The predicted octanol–water partition coefficient (Wildman–Crippen LogP) is 3.38. The van der Waals surface area contributed by atoms with Gasteiger partial charge in [-0.2, -0.15) is 0 Å². The Kier molecular flexibility index (Phi) is 4.32. The van der Waals surface area contributed by atoms with Crippen molar-refractivity contribution in [1.82, 2.24) is 6.15 Å². The Hall–Kier alpha value is -1.86. The van der Waals surface area contributed by atoms with Gasteiger partial charge in [-0.05, 0) is 11.1 Å². The van der Waals surface area contributed by atoms with Crippen LogP contribution in [0.4, 0.5) is 0 Å². The van der Waals surface area contributed by atoms with E-state index in [1.807, 2.05) is 36.4 Å². The molecule has 0 bridgehead atoms. The average Bonchev–Trinajstić information content (AvgIpc) is 2.29. The highest BCUT2D eigenvalue weighted by molar-refractivity contribution is 5.69. The molecule has 15 heavy (non-hydrogen) atoms. The predicted molar refractivity (Wildman–Crippen MR) is 63.9 cm³/mol. The van der Waals surface area contributed by atoms with Crippen molar-refractivity contribution in [2.24, 2.45) is 0 Å². The van der Waals surface area contributed by atoms with E-state index < -0.39 is 0 Å². The molecule has 3 radical (unpaired) electrons. The summed E-state index contributed by atoms with van der Waals surface area (Å²) in [6, 6.07) is 20.6. The summed E-state index contributed by atoms with van der Waals surface area (Å²) in [4.78, 5) is 0. The van der Waals surface area contributed by atoms with Crippen LogP contribution in [0.3, 0.4) is 0 Å². The lowest BCUT2D eigenvalue weighted by Gasteiger charge is -1.92. The van der Waals surface area contributed by atoms with Crippen molar-refractivity contribution in [3.63, 3.8) is 0 Å². The molecule has 0 aliphatic rings. The summed E-state index contributed by atoms with van der Waals surface area (Å²) in [6.45, 7) is 0. The minimum absolute atomic E-state index is 0. The molecule has 73 valence electrons. The molecule has 0 unspecified atom stereocenters. The third kappa shape index (κ3) is 3.41. The Balaban J connectivity index is 0.00000112. The van der Waals surface area contributed by atoms with Crippen LogP contribution in [0.2, 0.25) is 0 Å². The van der Waals surface area contributed by atoms with Crippen LogP contribution in [0.5, 0.6) is 0 Å². The normalized spacial score (nSPS) is 9.87. The highest BCUT2D eigenvalue weighted by Crippen LogP contribution is 2.06. The monoisotopic (exact) mass is 194 g/mol. The van der Waals surface area contributed by atoms with Crippen molar-refractivity contribution in [1.29, 1.82) is 0 Å². The quantitative estimate of drug-likeness (QED) is 0.656. The lowest BCUT2D eigenvalue weighted by atomic mass is 10.1. The molecule has 1 heteroatoms. The van der Waals surface area contributed by atoms with Crippen LogP contribution >= 0.6 is 0 Å². The van der Waals surface area contributed by atoms with Gasteiger partial charge in [-0.1, -0.05) is 72.8 Å². The molecule has 0 fully saturated rings. The van der Waals surface area contributed by atoms with E-state index in [9.17, 15) is 0 Å². The molecule has 2 aromatic carbocycles. The molecule has 0 heterocycles. The van der Waals surface area contributed by atoms with E-state index in [2.05, 4.69) is 36.4 Å². The van der Waals surface area contributed by atoms with E-state index in [4.69, 9.17) is 0 Å². The minimum atomic E-state index is 0. The second kappa shape index (κ2) is 5.78. The molecule has 2 rings (SSSR count). The van der Waals surface area contributed by atoms with Crippen molar-refractivity contribution >= 4 is 12.2 Å². The van der Waals surface area contributed by atoms with Crippen LogP contribution in [-0.2, 0) is 0 Å². The minimum Gasteiger partial charge on any atom is -0.0622 e. The van der Waals surface area contributed by atoms with Crippen LogP contribution < -0.4 is 6.15 Å². The average molecular weight is 194 g/mol. The van der Waals surface area contributed by atoms with E-state index in [0.717, 1.165) is 0 Å². The van der Waals surface area contributed by atoms with Gasteiger partial charge in [-0.15, -0.1) is 0 Å². The summed E-state index contributed by atoms with van der Waals surface area (Å²) in [6.07, 6.45) is 4.24. The first-order valence-electron chi connectivity index (χ1n) is 4.73. The number of benzene rings is 2. The van der Waals surface area contributed by atoms with Crippen LogP contribution in [0.15, 0.2) is 60.7 Å². The van der Waals surface area contributed by atoms with Gasteiger partial charge in [0.05, 0.1) is 0 Å². The van der Waals surface area contributed by atoms with Gasteiger partial charge in [0.15, 0.2) is 0 Å². The molecule has 0 atom stereocenters. The van der Waals surface area contributed by atoms with Gasteiger partial charge in [0.2, 0.25) is 0 Å². The summed E-state index contributed by atoms with van der Waals surface area (Å²) in [5.41, 5.74) is 2.47. The fourth-order valence-electron chi connectivity index (χ4n) is 1.32. The van der Waals surface area contributed by atoms with E-state index in [0.29, 0.717) is 0 Å². The summed E-state index contributed by atoms with van der Waals surface area (Å²) < 4.78 is 0.